The molecule has 1 fully saturated rings. The first-order valence-electron chi connectivity index (χ1n) is 7.96. The Labute approximate surface area is 127 Å². The molecule has 0 spiro atoms. The summed E-state index contributed by atoms with van der Waals surface area (Å²) in [6.07, 6.45) is 9.34. The highest BCUT2D eigenvalue weighted by atomic mass is 15.3. The van der Waals surface area contributed by atoms with Crippen LogP contribution >= 0.6 is 0 Å². The lowest BCUT2D eigenvalue weighted by Gasteiger charge is -2.39. The first-order chi connectivity index (χ1) is 10.1. The van der Waals surface area contributed by atoms with Crippen molar-refractivity contribution in [2.45, 2.75) is 52.1 Å². The smallest absolute Gasteiger partial charge is 0.0728 e. The molecule has 112 valence electrons. The highest BCUT2D eigenvalue weighted by Crippen LogP contribution is 2.37. The van der Waals surface area contributed by atoms with Crippen LogP contribution in [-0.4, -0.2) is 15.8 Å². The minimum atomic E-state index is 0.375. The Morgan fingerprint density at radius 2 is 2.05 bits per heavy atom. The molecule has 1 aromatic heterocycles. The van der Waals surface area contributed by atoms with Crippen LogP contribution in [0.15, 0.2) is 42.7 Å². The van der Waals surface area contributed by atoms with Crippen molar-refractivity contribution < 1.29 is 0 Å². The van der Waals surface area contributed by atoms with Crippen LogP contribution in [0.2, 0.25) is 0 Å². The molecule has 1 aliphatic rings. The molecular formula is C18H25N3. The van der Waals surface area contributed by atoms with Crippen molar-refractivity contribution in [2.75, 3.05) is 5.32 Å². The maximum Gasteiger partial charge on any atom is 0.0728 e. The van der Waals surface area contributed by atoms with Gasteiger partial charge in [0.25, 0.3) is 0 Å². The molecule has 1 heterocycles. The molecule has 1 aromatic carbocycles. The summed E-state index contributed by atoms with van der Waals surface area (Å²) < 4.78 is 2.01. The molecule has 1 aliphatic carbocycles. The summed E-state index contributed by atoms with van der Waals surface area (Å²) in [7, 11) is 0. The lowest BCUT2D eigenvalue weighted by molar-refractivity contribution is 0.217. The summed E-state index contributed by atoms with van der Waals surface area (Å²) in [5.74, 6) is 0. The number of anilines is 1. The number of benzene rings is 1. The lowest BCUT2D eigenvalue weighted by Crippen LogP contribution is -2.38. The Balaban J connectivity index is 1.65. The highest BCUT2D eigenvalue weighted by Gasteiger charge is 2.32. The van der Waals surface area contributed by atoms with Crippen molar-refractivity contribution in [3.63, 3.8) is 0 Å². The minimum absolute atomic E-state index is 0.375. The van der Waals surface area contributed by atoms with Gasteiger partial charge in [-0.05, 0) is 23.8 Å². The monoisotopic (exact) mass is 283 g/mol. The van der Waals surface area contributed by atoms with Crippen molar-refractivity contribution in [1.82, 2.24) is 9.78 Å². The number of hydrogen-bond donors (Lipinski definition) is 1. The molecule has 1 saturated carbocycles. The summed E-state index contributed by atoms with van der Waals surface area (Å²) in [6.45, 7) is 5.58. The van der Waals surface area contributed by atoms with Gasteiger partial charge >= 0.3 is 0 Å². The highest BCUT2D eigenvalue weighted by molar-refractivity contribution is 5.40. The van der Waals surface area contributed by atoms with Gasteiger partial charge in [0, 0.05) is 12.2 Å². The van der Waals surface area contributed by atoms with Gasteiger partial charge in [-0.15, -0.1) is 0 Å². The van der Waals surface area contributed by atoms with Crippen molar-refractivity contribution in [3.05, 3.63) is 48.3 Å². The third-order valence-electron chi connectivity index (χ3n) is 4.67. The van der Waals surface area contributed by atoms with E-state index in [0.717, 1.165) is 12.2 Å². The normalized spacial score (nSPS) is 21.1. The zero-order chi connectivity index (χ0) is 14.7. The summed E-state index contributed by atoms with van der Waals surface area (Å²) in [5.41, 5.74) is 2.80. The SMILES string of the molecule is CC1(C)CCCCC1Nc1cnn(Cc2ccccc2)c1. The van der Waals surface area contributed by atoms with Crippen LogP contribution in [0.25, 0.3) is 0 Å². The average molecular weight is 283 g/mol. The predicted octanol–water partition coefficient (Wildman–Crippen LogP) is 4.31. The molecule has 2 aromatic rings. The van der Waals surface area contributed by atoms with Crippen LogP contribution in [0.3, 0.4) is 0 Å². The van der Waals surface area contributed by atoms with E-state index < -0.39 is 0 Å². The summed E-state index contributed by atoms with van der Waals surface area (Å²) in [5, 5.41) is 8.17. The topological polar surface area (TPSA) is 29.9 Å². The molecule has 3 nitrogen and oxygen atoms in total. The second-order valence-corrected chi connectivity index (χ2v) is 6.84. The van der Waals surface area contributed by atoms with Crippen molar-refractivity contribution in [3.8, 4) is 0 Å². The van der Waals surface area contributed by atoms with E-state index in [1.807, 2.05) is 16.9 Å². The van der Waals surface area contributed by atoms with Gasteiger partial charge < -0.3 is 5.32 Å². The third-order valence-corrected chi connectivity index (χ3v) is 4.67. The second kappa shape index (κ2) is 5.92. The lowest BCUT2D eigenvalue weighted by atomic mass is 9.73. The first-order valence-corrected chi connectivity index (χ1v) is 7.96. The zero-order valence-corrected chi connectivity index (χ0v) is 13.0. The number of rotatable bonds is 4. The largest absolute Gasteiger partial charge is 0.379 e. The average Bonchev–Trinajstić information content (AvgIpc) is 2.90. The molecule has 3 heteroatoms. The molecule has 0 aliphatic heterocycles. The van der Waals surface area contributed by atoms with Gasteiger partial charge in [0.1, 0.15) is 0 Å². The molecule has 1 atom stereocenters. The van der Waals surface area contributed by atoms with Gasteiger partial charge in [0.15, 0.2) is 0 Å². The summed E-state index contributed by atoms with van der Waals surface area (Å²) in [4.78, 5) is 0. The summed E-state index contributed by atoms with van der Waals surface area (Å²) in [6, 6.07) is 11.0. The Bertz CT molecular complexity index is 571. The summed E-state index contributed by atoms with van der Waals surface area (Å²) >= 11 is 0. The fraction of sp³-hybridized carbons (Fsp3) is 0.500. The van der Waals surface area contributed by atoms with Gasteiger partial charge in [-0.25, -0.2) is 0 Å². The molecule has 21 heavy (non-hydrogen) atoms. The second-order valence-electron chi connectivity index (χ2n) is 6.84. The van der Waals surface area contributed by atoms with Crippen molar-refractivity contribution >= 4 is 5.69 Å². The Kier molecular flexibility index (Phi) is 4.00. The van der Waals surface area contributed by atoms with E-state index in [9.17, 15) is 0 Å². The molecule has 1 N–H and O–H groups in total. The van der Waals surface area contributed by atoms with Crippen molar-refractivity contribution in [2.24, 2.45) is 5.41 Å². The molecule has 0 bridgehead atoms. The van der Waals surface area contributed by atoms with Crippen LogP contribution in [-0.2, 0) is 6.54 Å². The van der Waals surface area contributed by atoms with E-state index in [0.29, 0.717) is 11.5 Å². The van der Waals surface area contributed by atoms with Gasteiger partial charge in [-0.2, -0.15) is 5.10 Å². The van der Waals surface area contributed by atoms with E-state index in [-0.39, 0.29) is 0 Å². The van der Waals surface area contributed by atoms with Gasteiger partial charge in [-0.3, -0.25) is 4.68 Å². The van der Waals surface area contributed by atoms with Crippen molar-refractivity contribution in [1.29, 1.82) is 0 Å². The van der Waals surface area contributed by atoms with E-state index in [2.05, 4.69) is 54.7 Å². The van der Waals surface area contributed by atoms with E-state index in [4.69, 9.17) is 0 Å². The Morgan fingerprint density at radius 3 is 2.81 bits per heavy atom. The molecule has 3 rings (SSSR count). The van der Waals surface area contributed by atoms with Gasteiger partial charge in [-0.1, -0.05) is 57.0 Å². The molecule has 1 unspecified atom stereocenters. The molecule has 0 saturated heterocycles. The number of nitrogens with one attached hydrogen (secondary N) is 1. The van der Waals surface area contributed by atoms with Crippen LogP contribution in [0.1, 0.15) is 45.1 Å². The van der Waals surface area contributed by atoms with Crippen LogP contribution in [0.4, 0.5) is 5.69 Å². The minimum Gasteiger partial charge on any atom is -0.379 e. The fourth-order valence-electron chi connectivity index (χ4n) is 3.26. The molecule has 0 radical (unpaired) electrons. The molecular weight excluding hydrogens is 258 g/mol. The number of aromatic nitrogens is 2. The molecule has 0 amide bonds. The standard InChI is InChI=1S/C18H25N3/c1-18(2)11-7-6-10-17(18)20-16-12-19-21(14-16)13-15-8-4-3-5-9-15/h3-5,8-9,12,14,17,20H,6-7,10-11,13H2,1-2H3. The zero-order valence-electron chi connectivity index (χ0n) is 13.0. The van der Waals surface area contributed by atoms with Gasteiger partial charge in [0.2, 0.25) is 0 Å². The Morgan fingerprint density at radius 1 is 1.24 bits per heavy atom. The van der Waals surface area contributed by atoms with Gasteiger partial charge in [0.05, 0.1) is 18.4 Å². The van der Waals surface area contributed by atoms with Crippen LogP contribution < -0.4 is 5.32 Å². The third kappa shape index (κ3) is 3.46. The Hall–Kier alpha value is -1.77. The quantitative estimate of drug-likeness (QED) is 0.906. The predicted molar refractivity (Wildman–Crippen MR) is 87.4 cm³/mol. The first kappa shape index (κ1) is 14.2. The number of hydrogen-bond acceptors (Lipinski definition) is 2. The number of nitrogens with zero attached hydrogens (tertiary/aromatic N) is 2. The van der Waals surface area contributed by atoms with Crippen LogP contribution in [0.5, 0.6) is 0 Å². The fourth-order valence-corrected chi connectivity index (χ4v) is 3.26. The maximum absolute atomic E-state index is 4.48. The van der Waals surface area contributed by atoms with E-state index in [1.165, 1.54) is 31.2 Å². The maximum atomic E-state index is 4.48. The van der Waals surface area contributed by atoms with E-state index in [1.54, 1.807) is 0 Å². The van der Waals surface area contributed by atoms with E-state index >= 15 is 0 Å². The van der Waals surface area contributed by atoms with Crippen LogP contribution in [0, 0.1) is 5.41 Å².